The molecule has 0 heterocycles. The molecule has 0 aromatic heterocycles. The van der Waals surface area contributed by atoms with E-state index in [1.54, 1.807) is 7.11 Å². The molecule has 1 aromatic rings. The van der Waals surface area contributed by atoms with Crippen LogP contribution in [0.2, 0.25) is 0 Å². The third-order valence-corrected chi connectivity index (χ3v) is 3.16. The van der Waals surface area contributed by atoms with E-state index in [4.69, 9.17) is 10.5 Å². The van der Waals surface area contributed by atoms with Crippen molar-refractivity contribution in [1.29, 1.82) is 0 Å². The van der Waals surface area contributed by atoms with Crippen LogP contribution in [0, 0.1) is 5.92 Å². The van der Waals surface area contributed by atoms with Crippen molar-refractivity contribution in [2.24, 2.45) is 11.7 Å². The molecule has 1 aromatic carbocycles. The van der Waals surface area contributed by atoms with E-state index in [0.29, 0.717) is 5.92 Å². The molecule has 1 saturated carbocycles. The van der Waals surface area contributed by atoms with Crippen LogP contribution >= 0.6 is 0 Å². The number of nitrogens with two attached hydrogens (primary N) is 1. The van der Waals surface area contributed by atoms with Crippen molar-refractivity contribution < 1.29 is 4.74 Å². The highest BCUT2D eigenvalue weighted by molar-refractivity contribution is 5.36. The second-order valence-corrected chi connectivity index (χ2v) is 3.96. The molecule has 1 fully saturated rings. The molecule has 0 bridgehead atoms. The molecule has 1 aliphatic rings. The predicted molar refractivity (Wildman–Crippen MR) is 57.3 cm³/mol. The van der Waals surface area contributed by atoms with E-state index in [-0.39, 0.29) is 6.04 Å². The first kappa shape index (κ1) is 9.53. The molecule has 0 unspecified atom stereocenters. The highest BCUT2D eigenvalue weighted by Crippen LogP contribution is 2.38. The summed E-state index contributed by atoms with van der Waals surface area (Å²) in [5.41, 5.74) is 7.35. The molecule has 0 saturated heterocycles. The minimum Gasteiger partial charge on any atom is -0.496 e. The summed E-state index contributed by atoms with van der Waals surface area (Å²) in [6, 6.07) is 8.21. The van der Waals surface area contributed by atoms with Crippen molar-refractivity contribution >= 4 is 0 Å². The topological polar surface area (TPSA) is 35.2 Å². The van der Waals surface area contributed by atoms with E-state index in [1.165, 1.54) is 19.3 Å². The average Bonchev–Trinajstić information content (AvgIpc) is 2.15. The Morgan fingerprint density at radius 1 is 1.36 bits per heavy atom. The van der Waals surface area contributed by atoms with Crippen LogP contribution in [0.25, 0.3) is 0 Å². The van der Waals surface area contributed by atoms with Gasteiger partial charge in [-0.1, -0.05) is 24.6 Å². The monoisotopic (exact) mass is 191 g/mol. The number of para-hydroxylation sites is 1. The van der Waals surface area contributed by atoms with Crippen LogP contribution in [0.4, 0.5) is 0 Å². The Morgan fingerprint density at radius 2 is 2.07 bits per heavy atom. The summed E-state index contributed by atoms with van der Waals surface area (Å²) in [4.78, 5) is 0. The molecule has 1 atom stereocenters. The van der Waals surface area contributed by atoms with Crippen molar-refractivity contribution in [2.75, 3.05) is 7.11 Å². The van der Waals surface area contributed by atoms with Crippen LogP contribution < -0.4 is 10.5 Å². The van der Waals surface area contributed by atoms with Gasteiger partial charge in [0.25, 0.3) is 0 Å². The van der Waals surface area contributed by atoms with E-state index in [1.807, 2.05) is 18.2 Å². The average molecular weight is 191 g/mol. The zero-order valence-electron chi connectivity index (χ0n) is 8.57. The highest BCUT2D eigenvalue weighted by Gasteiger charge is 2.27. The van der Waals surface area contributed by atoms with Gasteiger partial charge in [-0.25, -0.2) is 0 Å². The Bertz CT molecular complexity index is 307. The Morgan fingerprint density at radius 3 is 2.64 bits per heavy atom. The van der Waals surface area contributed by atoms with Gasteiger partial charge in [-0.3, -0.25) is 0 Å². The zero-order chi connectivity index (χ0) is 9.97. The SMILES string of the molecule is COc1ccccc1[C@@H](N)C1CCC1. The van der Waals surface area contributed by atoms with Gasteiger partial charge in [0.1, 0.15) is 5.75 Å². The van der Waals surface area contributed by atoms with Gasteiger partial charge in [-0.05, 0) is 24.8 Å². The third-order valence-electron chi connectivity index (χ3n) is 3.16. The van der Waals surface area contributed by atoms with Gasteiger partial charge >= 0.3 is 0 Å². The third kappa shape index (κ3) is 1.62. The van der Waals surface area contributed by atoms with Crippen LogP contribution in [0.1, 0.15) is 30.9 Å². The molecule has 0 spiro atoms. The van der Waals surface area contributed by atoms with E-state index < -0.39 is 0 Å². The number of rotatable bonds is 3. The van der Waals surface area contributed by atoms with Crippen molar-refractivity contribution in [2.45, 2.75) is 25.3 Å². The normalized spacial score (nSPS) is 18.7. The predicted octanol–water partition coefficient (Wildman–Crippen LogP) is 2.50. The minimum absolute atomic E-state index is 0.153. The van der Waals surface area contributed by atoms with Crippen LogP contribution in [-0.2, 0) is 0 Å². The van der Waals surface area contributed by atoms with Crippen LogP contribution in [-0.4, -0.2) is 7.11 Å². The molecule has 2 heteroatoms. The summed E-state index contributed by atoms with van der Waals surface area (Å²) >= 11 is 0. The fourth-order valence-corrected chi connectivity index (χ4v) is 1.99. The lowest BCUT2D eigenvalue weighted by molar-refractivity contribution is 0.259. The fraction of sp³-hybridized carbons (Fsp3) is 0.500. The molecule has 0 radical (unpaired) electrons. The van der Waals surface area contributed by atoms with Gasteiger partial charge in [-0.2, -0.15) is 0 Å². The number of hydrogen-bond acceptors (Lipinski definition) is 2. The van der Waals surface area contributed by atoms with Crippen molar-refractivity contribution in [3.8, 4) is 5.75 Å². The molecular weight excluding hydrogens is 174 g/mol. The smallest absolute Gasteiger partial charge is 0.123 e. The maximum atomic E-state index is 6.20. The van der Waals surface area contributed by atoms with Crippen LogP contribution in [0.15, 0.2) is 24.3 Å². The first-order valence-electron chi connectivity index (χ1n) is 5.21. The second-order valence-electron chi connectivity index (χ2n) is 3.96. The van der Waals surface area contributed by atoms with Gasteiger partial charge in [0, 0.05) is 11.6 Å². The lowest BCUT2D eigenvalue weighted by Crippen LogP contribution is -2.27. The summed E-state index contributed by atoms with van der Waals surface area (Å²) in [6.07, 6.45) is 3.85. The van der Waals surface area contributed by atoms with Gasteiger partial charge in [0.05, 0.1) is 7.11 Å². The second kappa shape index (κ2) is 4.01. The molecule has 0 aliphatic heterocycles. The molecule has 2 N–H and O–H groups in total. The lowest BCUT2D eigenvalue weighted by atomic mass is 9.77. The quantitative estimate of drug-likeness (QED) is 0.796. The first-order valence-corrected chi connectivity index (χ1v) is 5.21. The number of hydrogen-bond donors (Lipinski definition) is 1. The van der Waals surface area contributed by atoms with Gasteiger partial charge in [-0.15, -0.1) is 0 Å². The number of ether oxygens (including phenoxy) is 1. The summed E-state index contributed by atoms with van der Waals surface area (Å²) in [6.45, 7) is 0. The number of benzene rings is 1. The van der Waals surface area contributed by atoms with Crippen LogP contribution in [0.5, 0.6) is 5.75 Å². The zero-order valence-corrected chi connectivity index (χ0v) is 8.57. The van der Waals surface area contributed by atoms with E-state index in [0.717, 1.165) is 11.3 Å². The Kier molecular flexibility index (Phi) is 2.73. The fourth-order valence-electron chi connectivity index (χ4n) is 1.99. The Hall–Kier alpha value is -1.02. The molecule has 0 amide bonds. The standard InChI is InChI=1S/C12H17NO/c1-14-11-8-3-2-7-10(11)12(13)9-5-4-6-9/h2-3,7-9,12H,4-6,13H2,1H3/t12-/m0/s1. The summed E-state index contributed by atoms with van der Waals surface area (Å²) in [5.74, 6) is 1.58. The molecule has 1 aliphatic carbocycles. The summed E-state index contributed by atoms with van der Waals surface area (Å²) < 4.78 is 5.31. The summed E-state index contributed by atoms with van der Waals surface area (Å²) in [5, 5.41) is 0. The number of methoxy groups -OCH3 is 1. The lowest BCUT2D eigenvalue weighted by Gasteiger charge is -2.32. The Balaban J connectivity index is 2.20. The molecule has 76 valence electrons. The van der Waals surface area contributed by atoms with Crippen molar-refractivity contribution in [1.82, 2.24) is 0 Å². The molecule has 2 nitrogen and oxygen atoms in total. The maximum Gasteiger partial charge on any atom is 0.123 e. The highest BCUT2D eigenvalue weighted by atomic mass is 16.5. The van der Waals surface area contributed by atoms with Crippen molar-refractivity contribution in [3.63, 3.8) is 0 Å². The van der Waals surface area contributed by atoms with E-state index in [9.17, 15) is 0 Å². The van der Waals surface area contributed by atoms with E-state index >= 15 is 0 Å². The summed E-state index contributed by atoms with van der Waals surface area (Å²) in [7, 11) is 1.70. The molecular formula is C12H17NO. The van der Waals surface area contributed by atoms with Gasteiger partial charge in [0.15, 0.2) is 0 Å². The van der Waals surface area contributed by atoms with Crippen LogP contribution in [0.3, 0.4) is 0 Å². The van der Waals surface area contributed by atoms with Gasteiger partial charge < -0.3 is 10.5 Å². The maximum absolute atomic E-state index is 6.20. The molecule has 2 rings (SSSR count). The first-order chi connectivity index (χ1) is 6.83. The molecule has 14 heavy (non-hydrogen) atoms. The Labute approximate surface area is 85.1 Å². The van der Waals surface area contributed by atoms with Crippen molar-refractivity contribution in [3.05, 3.63) is 29.8 Å². The van der Waals surface area contributed by atoms with E-state index in [2.05, 4.69) is 6.07 Å². The largest absolute Gasteiger partial charge is 0.496 e. The van der Waals surface area contributed by atoms with Gasteiger partial charge in [0.2, 0.25) is 0 Å². The minimum atomic E-state index is 0.153.